The number of aromatic nitrogens is 3. The van der Waals surface area contributed by atoms with Gasteiger partial charge in [-0.3, -0.25) is 5.10 Å². The zero-order chi connectivity index (χ0) is 19.7. The molecule has 0 saturated heterocycles. The second-order valence-corrected chi connectivity index (χ2v) is 9.19. The van der Waals surface area contributed by atoms with Crippen molar-refractivity contribution in [3.8, 4) is 10.6 Å². The number of thiazole rings is 1. The van der Waals surface area contributed by atoms with E-state index >= 15 is 0 Å². The van der Waals surface area contributed by atoms with Crippen molar-refractivity contribution >= 4 is 37.4 Å². The van der Waals surface area contributed by atoms with E-state index in [1.54, 1.807) is 18.2 Å². The minimum absolute atomic E-state index is 0.222. The number of benzene rings is 2. The van der Waals surface area contributed by atoms with Gasteiger partial charge in [-0.05, 0) is 37.1 Å². The fraction of sp³-hybridized carbons (Fsp3) is 0.158. The number of hydrogen-bond donors (Lipinski definition) is 3. The summed E-state index contributed by atoms with van der Waals surface area (Å²) in [5.41, 5.74) is 9.31. The molecule has 0 saturated carbocycles. The molecule has 9 heteroatoms. The van der Waals surface area contributed by atoms with Gasteiger partial charge in [-0.1, -0.05) is 30.3 Å². The molecule has 4 rings (SSSR count). The number of H-pyrrole nitrogens is 1. The molecule has 0 radical (unpaired) electrons. The summed E-state index contributed by atoms with van der Waals surface area (Å²) < 4.78 is 28.7. The first kappa shape index (κ1) is 18.6. The van der Waals surface area contributed by atoms with E-state index in [0.717, 1.165) is 27.0 Å². The van der Waals surface area contributed by atoms with Gasteiger partial charge in [-0.25, -0.2) is 18.1 Å². The highest BCUT2D eigenvalue weighted by molar-refractivity contribution is 7.89. The molecule has 2 aromatic heterocycles. The topological polar surface area (TPSA) is 114 Å². The van der Waals surface area contributed by atoms with Crippen LogP contribution in [0.15, 0.2) is 53.4 Å². The van der Waals surface area contributed by atoms with E-state index in [0.29, 0.717) is 23.8 Å². The number of aryl methyl sites for hydroxylation is 1. The van der Waals surface area contributed by atoms with Crippen molar-refractivity contribution < 1.29 is 8.42 Å². The minimum atomic E-state index is -3.60. The molecule has 4 N–H and O–H groups in total. The van der Waals surface area contributed by atoms with E-state index in [-0.39, 0.29) is 4.90 Å². The van der Waals surface area contributed by atoms with Gasteiger partial charge in [0, 0.05) is 12.2 Å². The van der Waals surface area contributed by atoms with E-state index in [2.05, 4.69) is 19.9 Å². The summed E-state index contributed by atoms with van der Waals surface area (Å²) >= 11 is 1.39. The zero-order valence-electron chi connectivity index (χ0n) is 15.1. The lowest BCUT2D eigenvalue weighted by molar-refractivity contribution is 0.582. The van der Waals surface area contributed by atoms with Crippen LogP contribution in [0, 0.1) is 6.92 Å². The lowest BCUT2D eigenvalue weighted by Crippen LogP contribution is -2.25. The van der Waals surface area contributed by atoms with Crippen LogP contribution >= 0.6 is 11.3 Å². The summed E-state index contributed by atoms with van der Waals surface area (Å²) in [5.74, 6) is 0.381. The Balaban J connectivity index is 1.56. The van der Waals surface area contributed by atoms with Gasteiger partial charge < -0.3 is 5.73 Å². The van der Waals surface area contributed by atoms with Crippen molar-refractivity contribution in [1.82, 2.24) is 19.9 Å². The highest BCUT2D eigenvalue weighted by atomic mass is 32.2. The van der Waals surface area contributed by atoms with E-state index in [9.17, 15) is 8.42 Å². The Morgan fingerprint density at radius 3 is 2.68 bits per heavy atom. The molecular formula is C19H19N5O2S2. The minimum Gasteiger partial charge on any atom is -0.382 e. The number of nitrogens with one attached hydrogen (secondary N) is 2. The predicted molar refractivity (Wildman–Crippen MR) is 112 cm³/mol. The lowest BCUT2D eigenvalue weighted by atomic mass is 10.2. The van der Waals surface area contributed by atoms with Crippen molar-refractivity contribution in [2.24, 2.45) is 0 Å². The normalized spacial score (nSPS) is 11.9. The van der Waals surface area contributed by atoms with Crippen molar-refractivity contribution in [3.63, 3.8) is 0 Å². The Bertz CT molecular complexity index is 1210. The number of nitrogens with two attached hydrogens (primary N) is 1. The first-order valence-electron chi connectivity index (χ1n) is 8.69. The molecule has 2 aromatic carbocycles. The van der Waals surface area contributed by atoms with Crippen molar-refractivity contribution in [1.29, 1.82) is 0 Å². The maximum Gasteiger partial charge on any atom is 0.240 e. The zero-order valence-corrected chi connectivity index (χ0v) is 16.8. The van der Waals surface area contributed by atoms with Gasteiger partial charge in [-0.15, -0.1) is 11.3 Å². The number of hydrogen-bond acceptors (Lipinski definition) is 6. The third-order valence-corrected chi connectivity index (χ3v) is 6.90. The molecule has 2 heterocycles. The summed E-state index contributed by atoms with van der Waals surface area (Å²) in [7, 11) is -3.60. The third-order valence-electron chi connectivity index (χ3n) is 4.41. The largest absolute Gasteiger partial charge is 0.382 e. The van der Waals surface area contributed by atoms with Gasteiger partial charge >= 0.3 is 0 Å². The SMILES string of the molecule is Cc1[nH]nc(N)c1-c1nc2ccc(S(=O)(=O)NCCc3ccccc3)cc2s1. The predicted octanol–water partition coefficient (Wildman–Crippen LogP) is 3.10. The molecule has 7 nitrogen and oxygen atoms in total. The smallest absolute Gasteiger partial charge is 0.240 e. The number of nitrogen functional groups attached to an aromatic ring is 1. The number of rotatable bonds is 6. The van der Waals surface area contributed by atoms with Crippen LogP contribution in [0.5, 0.6) is 0 Å². The highest BCUT2D eigenvalue weighted by Crippen LogP contribution is 2.35. The number of sulfonamides is 1. The quantitative estimate of drug-likeness (QED) is 0.449. The molecule has 4 aromatic rings. The summed E-state index contributed by atoms with van der Waals surface area (Å²) in [6.45, 7) is 2.21. The molecule has 0 amide bonds. The molecule has 0 unspecified atom stereocenters. The van der Waals surface area contributed by atoms with E-state index in [1.165, 1.54) is 11.3 Å². The molecule has 0 spiro atoms. The van der Waals surface area contributed by atoms with Crippen LogP contribution in [-0.4, -0.2) is 30.1 Å². The van der Waals surface area contributed by atoms with Crippen LogP contribution in [0.1, 0.15) is 11.3 Å². The van der Waals surface area contributed by atoms with Gasteiger partial charge in [0.2, 0.25) is 10.0 Å². The molecule has 0 aliphatic rings. The number of fused-ring (bicyclic) bond motifs is 1. The Labute approximate surface area is 166 Å². The molecule has 28 heavy (non-hydrogen) atoms. The van der Waals surface area contributed by atoms with Crippen molar-refractivity contribution in [2.75, 3.05) is 12.3 Å². The number of nitrogens with zero attached hydrogens (tertiary/aromatic N) is 2. The molecule has 0 aliphatic carbocycles. The van der Waals surface area contributed by atoms with Crippen LogP contribution in [0.3, 0.4) is 0 Å². The highest BCUT2D eigenvalue weighted by Gasteiger charge is 2.18. The van der Waals surface area contributed by atoms with Gasteiger partial charge in [0.1, 0.15) is 5.01 Å². The maximum absolute atomic E-state index is 12.6. The maximum atomic E-state index is 12.6. The van der Waals surface area contributed by atoms with Crippen molar-refractivity contribution in [3.05, 3.63) is 59.8 Å². The Morgan fingerprint density at radius 2 is 1.96 bits per heavy atom. The number of aromatic amines is 1. The fourth-order valence-electron chi connectivity index (χ4n) is 2.95. The first-order chi connectivity index (χ1) is 13.4. The standard InChI is InChI=1S/C19H19N5O2S2/c1-12-17(18(20)24-23-12)19-22-15-8-7-14(11-16(15)27-19)28(25,26)21-10-9-13-5-3-2-4-6-13/h2-8,11,21H,9-10H2,1H3,(H3,20,23,24). The van der Waals surface area contributed by atoms with Crippen LogP contribution in [0.25, 0.3) is 20.8 Å². The second kappa shape index (κ2) is 7.34. The average Bonchev–Trinajstić information content (AvgIpc) is 3.24. The van der Waals surface area contributed by atoms with Crippen LogP contribution in [0.4, 0.5) is 5.82 Å². The molecule has 0 fully saturated rings. The van der Waals surface area contributed by atoms with Gasteiger partial charge in [0.25, 0.3) is 0 Å². The van der Waals surface area contributed by atoms with Crippen LogP contribution < -0.4 is 10.5 Å². The second-order valence-electron chi connectivity index (χ2n) is 6.39. The Hall–Kier alpha value is -2.75. The summed E-state index contributed by atoms with van der Waals surface area (Å²) in [5, 5.41) is 7.54. The Kier molecular flexibility index (Phi) is 4.88. The average molecular weight is 414 g/mol. The van der Waals surface area contributed by atoms with E-state index in [1.807, 2.05) is 37.3 Å². The molecule has 0 bridgehead atoms. The fourth-order valence-corrected chi connectivity index (χ4v) is 5.20. The van der Waals surface area contributed by atoms with Gasteiger partial charge in [0.05, 0.1) is 20.7 Å². The van der Waals surface area contributed by atoms with E-state index < -0.39 is 10.0 Å². The number of anilines is 1. The van der Waals surface area contributed by atoms with Gasteiger partial charge in [-0.2, -0.15) is 5.10 Å². The van der Waals surface area contributed by atoms with Crippen LogP contribution in [-0.2, 0) is 16.4 Å². The molecular weight excluding hydrogens is 394 g/mol. The Morgan fingerprint density at radius 1 is 1.18 bits per heavy atom. The molecule has 0 atom stereocenters. The summed E-state index contributed by atoms with van der Waals surface area (Å²) in [6, 6.07) is 14.7. The van der Waals surface area contributed by atoms with Gasteiger partial charge in [0.15, 0.2) is 5.82 Å². The monoisotopic (exact) mass is 413 g/mol. The lowest BCUT2D eigenvalue weighted by Gasteiger charge is -2.07. The molecule has 0 aliphatic heterocycles. The van der Waals surface area contributed by atoms with E-state index in [4.69, 9.17) is 5.73 Å². The summed E-state index contributed by atoms with van der Waals surface area (Å²) in [6.07, 6.45) is 0.631. The third kappa shape index (κ3) is 3.64. The first-order valence-corrected chi connectivity index (χ1v) is 11.0. The van der Waals surface area contributed by atoms with Crippen LogP contribution in [0.2, 0.25) is 0 Å². The molecule has 144 valence electrons. The van der Waals surface area contributed by atoms with Crippen molar-refractivity contribution in [2.45, 2.75) is 18.2 Å². The summed E-state index contributed by atoms with van der Waals surface area (Å²) in [4.78, 5) is 4.79.